The maximum Gasteiger partial charge on any atom is 0.303 e. The molecule has 0 radical (unpaired) electrons. The van der Waals surface area contributed by atoms with Gasteiger partial charge < -0.3 is 5.11 Å². The fraction of sp³-hybridized carbons (Fsp3) is 0.467. The minimum atomic E-state index is -0.806. The first kappa shape index (κ1) is 16.8. The topological polar surface area (TPSA) is 97.5 Å². The van der Waals surface area contributed by atoms with Crippen molar-refractivity contribution in [1.82, 2.24) is 0 Å². The van der Waals surface area contributed by atoms with Gasteiger partial charge in [0.05, 0.1) is 10.5 Å². The average molecular weight is 293 g/mol. The molecule has 6 heteroatoms. The highest BCUT2D eigenvalue weighted by molar-refractivity contribution is 5.83. The van der Waals surface area contributed by atoms with Crippen LogP contribution in [0.2, 0.25) is 0 Å². The Labute approximate surface area is 122 Å². The highest BCUT2D eigenvalue weighted by Gasteiger charge is 2.19. The standard InChI is InChI=1S/C15H19NO5/c1-11-8-12(6-4-2-3-5-7-14(18)19)15(16(20)21)13(9-11)10-17/h8-10H,2-7H2,1H3,(H,18,19). The van der Waals surface area contributed by atoms with Crippen LogP contribution < -0.4 is 0 Å². The molecule has 0 aliphatic carbocycles. The highest BCUT2D eigenvalue weighted by Crippen LogP contribution is 2.26. The molecule has 114 valence electrons. The monoisotopic (exact) mass is 293 g/mol. The van der Waals surface area contributed by atoms with Gasteiger partial charge in [-0.2, -0.15) is 0 Å². The molecule has 0 aliphatic rings. The Balaban J connectivity index is 2.65. The van der Waals surface area contributed by atoms with E-state index in [2.05, 4.69) is 0 Å². The first-order chi connectivity index (χ1) is 9.95. The number of hydrogen-bond donors (Lipinski definition) is 1. The fourth-order valence-electron chi connectivity index (χ4n) is 2.33. The van der Waals surface area contributed by atoms with E-state index >= 15 is 0 Å². The van der Waals surface area contributed by atoms with E-state index in [4.69, 9.17) is 5.11 Å². The molecule has 0 atom stereocenters. The summed E-state index contributed by atoms with van der Waals surface area (Å²) in [6.07, 6.45) is 4.14. The number of unbranched alkanes of at least 4 members (excludes halogenated alkanes) is 3. The Hall–Kier alpha value is -2.24. The summed E-state index contributed by atoms with van der Waals surface area (Å²) in [6, 6.07) is 3.25. The molecule has 1 aromatic carbocycles. The van der Waals surface area contributed by atoms with Gasteiger partial charge in [0.25, 0.3) is 5.69 Å². The molecule has 1 N–H and O–H groups in total. The third-order valence-corrected chi connectivity index (χ3v) is 3.26. The van der Waals surface area contributed by atoms with E-state index in [9.17, 15) is 19.7 Å². The summed E-state index contributed by atoms with van der Waals surface area (Å²) < 4.78 is 0. The van der Waals surface area contributed by atoms with Crippen LogP contribution in [0.25, 0.3) is 0 Å². The SMILES string of the molecule is Cc1cc(C=O)c([N+](=O)[O-])c(CCCCCCC(=O)O)c1. The molecule has 0 unspecified atom stereocenters. The summed E-state index contributed by atoms with van der Waals surface area (Å²) in [5.74, 6) is -0.806. The second kappa shape index (κ2) is 8.14. The lowest BCUT2D eigenvalue weighted by molar-refractivity contribution is -0.385. The zero-order valence-electron chi connectivity index (χ0n) is 12.0. The van der Waals surface area contributed by atoms with Crippen LogP contribution in [0, 0.1) is 17.0 Å². The van der Waals surface area contributed by atoms with Crippen molar-refractivity contribution in [3.63, 3.8) is 0 Å². The number of carboxylic acids is 1. The number of aryl methyl sites for hydroxylation is 2. The van der Waals surface area contributed by atoms with Gasteiger partial charge in [0.15, 0.2) is 6.29 Å². The zero-order valence-corrected chi connectivity index (χ0v) is 12.0. The van der Waals surface area contributed by atoms with Crippen LogP contribution in [-0.4, -0.2) is 22.3 Å². The van der Waals surface area contributed by atoms with Crippen LogP contribution in [0.5, 0.6) is 0 Å². The van der Waals surface area contributed by atoms with Gasteiger partial charge >= 0.3 is 5.97 Å². The Kier molecular flexibility index (Phi) is 6.52. The van der Waals surface area contributed by atoms with Gasteiger partial charge in [0, 0.05) is 12.0 Å². The van der Waals surface area contributed by atoms with E-state index in [0.29, 0.717) is 24.7 Å². The van der Waals surface area contributed by atoms with Gasteiger partial charge in [-0.3, -0.25) is 19.7 Å². The Morgan fingerprint density at radius 1 is 1.29 bits per heavy atom. The van der Waals surface area contributed by atoms with Crippen molar-refractivity contribution in [3.8, 4) is 0 Å². The van der Waals surface area contributed by atoms with Gasteiger partial charge in [-0.15, -0.1) is 0 Å². The van der Waals surface area contributed by atoms with Gasteiger partial charge in [0.1, 0.15) is 0 Å². The number of aldehydes is 1. The minimum Gasteiger partial charge on any atom is -0.481 e. The normalized spacial score (nSPS) is 10.3. The molecular weight excluding hydrogens is 274 g/mol. The molecule has 0 amide bonds. The number of carbonyl (C=O) groups excluding carboxylic acids is 1. The molecule has 0 bridgehead atoms. The Morgan fingerprint density at radius 2 is 1.95 bits per heavy atom. The summed E-state index contributed by atoms with van der Waals surface area (Å²) in [6.45, 7) is 1.80. The van der Waals surface area contributed by atoms with Crippen LogP contribution in [0.3, 0.4) is 0 Å². The van der Waals surface area contributed by atoms with Gasteiger partial charge in [-0.05, 0) is 43.9 Å². The number of nitro benzene ring substituents is 1. The van der Waals surface area contributed by atoms with E-state index in [-0.39, 0.29) is 17.7 Å². The van der Waals surface area contributed by atoms with E-state index in [1.165, 1.54) is 6.07 Å². The van der Waals surface area contributed by atoms with Crippen LogP contribution >= 0.6 is 0 Å². The molecule has 0 saturated carbocycles. The summed E-state index contributed by atoms with van der Waals surface area (Å²) in [4.78, 5) is 31.9. The van der Waals surface area contributed by atoms with Crippen molar-refractivity contribution in [2.45, 2.75) is 45.4 Å². The third-order valence-electron chi connectivity index (χ3n) is 3.26. The lowest BCUT2D eigenvalue weighted by atomic mass is 9.99. The smallest absolute Gasteiger partial charge is 0.303 e. The molecule has 0 saturated heterocycles. The number of carbonyl (C=O) groups is 2. The second-order valence-corrected chi connectivity index (χ2v) is 5.04. The number of carboxylic acid groups (broad SMARTS) is 1. The summed E-state index contributed by atoms with van der Waals surface area (Å²) in [7, 11) is 0. The number of nitro groups is 1. The third kappa shape index (κ3) is 5.33. The number of nitrogens with zero attached hydrogens (tertiary/aromatic N) is 1. The van der Waals surface area contributed by atoms with Gasteiger partial charge in [-0.1, -0.05) is 12.8 Å². The Morgan fingerprint density at radius 3 is 2.52 bits per heavy atom. The molecule has 0 aromatic heterocycles. The van der Waals surface area contributed by atoms with Crippen LogP contribution in [0.4, 0.5) is 5.69 Å². The van der Waals surface area contributed by atoms with E-state index in [0.717, 1.165) is 24.8 Å². The number of aliphatic carboxylic acids is 1. The first-order valence-corrected chi connectivity index (χ1v) is 6.90. The highest BCUT2D eigenvalue weighted by atomic mass is 16.6. The van der Waals surface area contributed by atoms with Crippen molar-refractivity contribution < 1.29 is 19.6 Å². The molecule has 1 aromatic rings. The molecule has 21 heavy (non-hydrogen) atoms. The molecule has 0 fully saturated rings. The summed E-state index contributed by atoms with van der Waals surface area (Å²) in [5, 5.41) is 19.6. The van der Waals surface area contributed by atoms with Crippen LogP contribution in [-0.2, 0) is 11.2 Å². The largest absolute Gasteiger partial charge is 0.481 e. The molecule has 1 rings (SSSR count). The van der Waals surface area contributed by atoms with Crippen LogP contribution in [0.1, 0.15) is 53.6 Å². The van der Waals surface area contributed by atoms with E-state index in [1.807, 2.05) is 0 Å². The predicted octanol–water partition coefficient (Wildman–Crippen LogP) is 3.29. The van der Waals surface area contributed by atoms with Crippen molar-refractivity contribution in [3.05, 3.63) is 38.9 Å². The molecule has 6 nitrogen and oxygen atoms in total. The quantitative estimate of drug-likeness (QED) is 0.326. The number of hydrogen-bond acceptors (Lipinski definition) is 4. The number of rotatable bonds is 9. The second-order valence-electron chi connectivity index (χ2n) is 5.04. The van der Waals surface area contributed by atoms with Gasteiger partial charge in [0.2, 0.25) is 0 Å². The lowest BCUT2D eigenvalue weighted by Crippen LogP contribution is -2.01. The maximum atomic E-state index is 11.1. The maximum absolute atomic E-state index is 11.1. The van der Waals surface area contributed by atoms with E-state index < -0.39 is 10.9 Å². The van der Waals surface area contributed by atoms with Gasteiger partial charge in [-0.25, -0.2) is 0 Å². The molecule has 0 heterocycles. The van der Waals surface area contributed by atoms with E-state index in [1.54, 1.807) is 13.0 Å². The van der Waals surface area contributed by atoms with Crippen molar-refractivity contribution in [2.24, 2.45) is 0 Å². The molecule has 0 spiro atoms. The lowest BCUT2D eigenvalue weighted by Gasteiger charge is -2.07. The summed E-state index contributed by atoms with van der Waals surface area (Å²) >= 11 is 0. The summed E-state index contributed by atoms with van der Waals surface area (Å²) in [5.41, 5.74) is 1.39. The van der Waals surface area contributed by atoms with Crippen molar-refractivity contribution >= 4 is 17.9 Å². The molecule has 0 aliphatic heterocycles. The predicted molar refractivity (Wildman–Crippen MR) is 77.6 cm³/mol. The zero-order chi connectivity index (χ0) is 15.8. The van der Waals surface area contributed by atoms with Crippen molar-refractivity contribution in [2.75, 3.05) is 0 Å². The Bertz CT molecular complexity index is 539. The molecular formula is C15H19NO5. The first-order valence-electron chi connectivity index (χ1n) is 6.90. The minimum absolute atomic E-state index is 0.110. The van der Waals surface area contributed by atoms with Crippen molar-refractivity contribution in [1.29, 1.82) is 0 Å². The number of benzene rings is 1. The fourth-order valence-corrected chi connectivity index (χ4v) is 2.33. The average Bonchev–Trinajstić information content (AvgIpc) is 2.41. The van der Waals surface area contributed by atoms with Crippen LogP contribution in [0.15, 0.2) is 12.1 Å².